The third-order valence-corrected chi connectivity index (χ3v) is 9.33. The maximum Gasteiger partial charge on any atom is 0.319 e. The van der Waals surface area contributed by atoms with E-state index in [-0.39, 0.29) is 39.5 Å². The predicted molar refractivity (Wildman–Crippen MR) is 159 cm³/mol. The van der Waals surface area contributed by atoms with Gasteiger partial charge in [0.15, 0.2) is 5.82 Å². The lowest BCUT2D eigenvalue weighted by atomic mass is 9.72. The smallest absolute Gasteiger partial charge is 0.319 e. The number of ether oxygens (including phenoxy) is 2. The van der Waals surface area contributed by atoms with Gasteiger partial charge >= 0.3 is 6.01 Å². The maximum atomic E-state index is 16.7. The summed E-state index contributed by atoms with van der Waals surface area (Å²) in [4.78, 5) is 25.5. The normalized spacial score (nSPS) is 18.9. The van der Waals surface area contributed by atoms with Crippen molar-refractivity contribution in [3.63, 3.8) is 0 Å². The van der Waals surface area contributed by atoms with Crippen LogP contribution in [0.25, 0.3) is 32.9 Å². The van der Waals surface area contributed by atoms with Crippen LogP contribution in [-0.2, 0) is 9.53 Å². The molecule has 0 bridgehead atoms. The van der Waals surface area contributed by atoms with Crippen molar-refractivity contribution in [3.05, 3.63) is 53.5 Å². The molecule has 7 rings (SSSR count). The molecule has 0 aliphatic carbocycles. The zero-order valence-corrected chi connectivity index (χ0v) is 24.2. The van der Waals surface area contributed by atoms with Gasteiger partial charge in [-0.05, 0) is 43.5 Å². The van der Waals surface area contributed by atoms with Gasteiger partial charge in [0, 0.05) is 66.3 Å². The van der Waals surface area contributed by atoms with E-state index in [0.29, 0.717) is 43.1 Å². The lowest BCUT2D eigenvalue weighted by molar-refractivity contribution is -0.139. The lowest BCUT2D eigenvalue weighted by Crippen LogP contribution is -2.61. The van der Waals surface area contributed by atoms with Crippen LogP contribution in [0.15, 0.2) is 37.1 Å². The fourth-order valence-electron chi connectivity index (χ4n) is 6.64. The number of fused-ring (bicyclic) bond motifs is 2. The number of aromatic nitrogens is 4. The molecular weight excluding hydrogens is 559 g/mol. The van der Waals surface area contributed by atoms with Crippen LogP contribution in [0.3, 0.4) is 0 Å². The van der Waals surface area contributed by atoms with Crippen LogP contribution in [0.4, 0.5) is 10.2 Å². The van der Waals surface area contributed by atoms with Crippen molar-refractivity contribution in [2.24, 2.45) is 5.41 Å². The highest BCUT2D eigenvalue weighted by molar-refractivity contribution is 6.35. The number of amides is 1. The van der Waals surface area contributed by atoms with Gasteiger partial charge in [0.05, 0.1) is 29.9 Å². The Balaban J connectivity index is 1.30. The molecule has 0 radical (unpaired) electrons. The Morgan fingerprint density at radius 3 is 2.69 bits per heavy atom. The average molecular weight is 591 g/mol. The van der Waals surface area contributed by atoms with Gasteiger partial charge in [0.1, 0.15) is 17.4 Å². The second kappa shape index (κ2) is 10.5. The van der Waals surface area contributed by atoms with Gasteiger partial charge in [-0.1, -0.05) is 24.2 Å². The van der Waals surface area contributed by atoms with E-state index in [1.807, 2.05) is 24.0 Å². The zero-order chi connectivity index (χ0) is 29.0. The molecule has 3 aliphatic heterocycles. The number of piperidine rings is 1. The number of anilines is 1. The second-order valence-corrected chi connectivity index (χ2v) is 12.1. The number of benzene rings is 2. The number of aryl methyl sites for hydroxylation is 1. The van der Waals surface area contributed by atoms with Crippen LogP contribution in [0, 0.1) is 18.2 Å². The van der Waals surface area contributed by atoms with E-state index in [1.54, 1.807) is 12.3 Å². The van der Waals surface area contributed by atoms with Crippen LogP contribution in [0.1, 0.15) is 31.2 Å². The van der Waals surface area contributed by atoms with Gasteiger partial charge < -0.3 is 19.3 Å². The van der Waals surface area contributed by atoms with E-state index in [9.17, 15) is 4.79 Å². The molecule has 1 spiro atoms. The van der Waals surface area contributed by atoms with E-state index in [1.165, 1.54) is 6.08 Å². The Labute approximate surface area is 247 Å². The summed E-state index contributed by atoms with van der Waals surface area (Å²) in [6, 6.07) is 5.78. The quantitative estimate of drug-likeness (QED) is 0.309. The number of aromatic amines is 1. The molecule has 3 saturated heterocycles. The molecule has 5 heterocycles. The van der Waals surface area contributed by atoms with Crippen LogP contribution < -0.4 is 9.64 Å². The molecular formula is C31H32ClFN6O3. The summed E-state index contributed by atoms with van der Waals surface area (Å²) in [6.07, 6.45) is 6.19. The Morgan fingerprint density at radius 2 is 1.95 bits per heavy atom. The predicted octanol–water partition coefficient (Wildman–Crippen LogP) is 5.45. The van der Waals surface area contributed by atoms with Crippen molar-refractivity contribution in [2.45, 2.75) is 38.7 Å². The Kier molecular flexibility index (Phi) is 6.78. The monoisotopic (exact) mass is 590 g/mol. The molecule has 9 nitrogen and oxygen atoms in total. The molecule has 1 N–H and O–H groups in total. The zero-order valence-electron chi connectivity index (χ0n) is 23.5. The van der Waals surface area contributed by atoms with Crippen molar-refractivity contribution >= 4 is 45.1 Å². The number of carbonyl (C=O) groups is 1. The number of hydrogen-bond acceptors (Lipinski definition) is 7. The first-order valence-electron chi connectivity index (χ1n) is 14.4. The van der Waals surface area contributed by atoms with Crippen LogP contribution in [0.2, 0.25) is 5.02 Å². The van der Waals surface area contributed by atoms with Gasteiger partial charge in [-0.3, -0.25) is 9.89 Å². The number of H-pyrrole nitrogens is 1. The first kappa shape index (κ1) is 27.1. The number of rotatable bonds is 5. The standard InChI is InChI=1S/C31H32ClFN6O3/c1-3-24(40)39-16-31(17-39)8-10-38(11-9-31)29-20-14-22(32)26(25-18(2)4-5-23-21(25)15-34-37-23)27(33)28(20)35-30(36-29)42-19-6-12-41-13-7-19/h3-5,14-15,19H,1,6-13,16-17H2,2H3,(H,34,37). The van der Waals surface area contributed by atoms with Gasteiger partial charge in [-0.25, -0.2) is 4.39 Å². The molecule has 218 valence electrons. The first-order valence-corrected chi connectivity index (χ1v) is 14.8. The molecule has 2 aromatic heterocycles. The minimum absolute atomic E-state index is 0.0259. The molecule has 1 amide bonds. The molecule has 11 heteroatoms. The molecule has 2 aromatic carbocycles. The number of halogens is 2. The van der Waals surface area contributed by atoms with Gasteiger partial charge in [-0.2, -0.15) is 15.1 Å². The van der Waals surface area contributed by atoms with Crippen molar-refractivity contribution in [1.29, 1.82) is 0 Å². The summed E-state index contributed by atoms with van der Waals surface area (Å²) < 4.78 is 28.5. The summed E-state index contributed by atoms with van der Waals surface area (Å²) in [5.41, 5.74) is 2.91. The van der Waals surface area contributed by atoms with E-state index in [4.69, 9.17) is 26.1 Å². The number of hydrogen-bond donors (Lipinski definition) is 1. The molecule has 42 heavy (non-hydrogen) atoms. The highest BCUT2D eigenvalue weighted by Crippen LogP contribution is 2.45. The molecule has 0 unspecified atom stereocenters. The van der Waals surface area contributed by atoms with E-state index in [2.05, 4.69) is 26.7 Å². The van der Waals surface area contributed by atoms with Gasteiger partial charge in [0.25, 0.3) is 0 Å². The Bertz CT molecular complexity index is 1700. The Morgan fingerprint density at radius 1 is 1.19 bits per heavy atom. The van der Waals surface area contributed by atoms with E-state index in [0.717, 1.165) is 55.2 Å². The van der Waals surface area contributed by atoms with Crippen molar-refractivity contribution < 1.29 is 18.7 Å². The highest BCUT2D eigenvalue weighted by atomic mass is 35.5. The number of carbonyl (C=O) groups excluding carboxylic acids is 1. The molecule has 3 aliphatic rings. The average Bonchev–Trinajstić information content (AvgIpc) is 3.46. The third kappa shape index (κ3) is 4.57. The minimum atomic E-state index is -0.513. The van der Waals surface area contributed by atoms with Crippen molar-refractivity contribution in [3.8, 4) is 17.1 Å². The Hall–Kier alpha value is -3.76. The number of likely N-dealkylation sites (tertiary alicyclic amines) is 1. The van der Waals surface area contributed by atoms with Gasteiger partial charge in [0.2, 0.25) is 5.91 Å². The molecule has 0 atom stereocenters. The van der Waals surface area contributed by atoms with Crippen molar-refractivity contribution in [1.82, 2.24) is 25.1 Å². The summed E-state index contributed by atoms with van der Waals surface area (Å²) in [5.74, 6) is 0.0729. The van der Waals surface area contributed by atoms with E-state index >= 15 is 4.39 Å². The van der Waals surface area contributed by atoms with E-state index < -0.39 is 5.82 Å². The fourth-order valence-corrected chi connectivity index (χ4v) is 6.93. The summed E-state index contributed by atoms with van der Waals surface area (Å²) in [5, 5.41) is 8.75. The minimum Gasteiger partial charge on any atom is -0.460 e. The first-order chi connectivity index (χ1) is 20.4. The van der Waals surface area contributed by atoms with Gasteiger partial charge in [-0.15, -0.1) is 0 Å². The lowest BCUT2D eigenvalue weighted by Gasteiger charge is -2.54. The summed E-state index contributed by atoms with van der Waals surface area (Å²) in [6.45, 7) is 9.64. The highest BCUT2D eigenvalue weighted by Gasteiger charge is 2.46. The SMILES string of the molecule is C=CC(=O)N1CC2(CCN(c3nc(OC4CCOCC4)nc4c(F)c(-c5c(C)ccc6[nH]ncc56)c(Cl)cc34)CC2)C1. The fraction of sp³-hybridized carbons (Fsp3) is 0.419. The molecule has 4 aromatic rings. The molecule has 0 saturated carbocycles. The number of nitrogens with zero attached hydrogens (tertiary/aromatic N) is 5. The largest absolute Gasteiger partial charge is 0.460 e. The third-order valence-electron chi connectivity index (χ3n) is 9.03. The maximum absolute atomic E-state index is 16.7. The summed E-state index contributed by atoms with van der Waals surface area (Å²) in [7, 11) is 0. The number of nitrogens with one attached hydrogen (secondary N) is 1. The molecule has 3 fully saturated rings. The van der Waals surface area contributed by atoms with Crippen LogP contribution in [0.5, 0.6) is 6.01 Å². The van der Waals surface area contributed by atoms with Crippen molar-refractivity contribution in [2.75, 3.05) is 44.3 Å². The second-order valence-electron chi connectivity index (χ2n) is 11.7. The summed E-state index contributed by atoms with van der Waals surface area (Å²) >= 11 is 6.89. The van der Waals surface area contributed by atoms with Crippen LogP contribution >= 0.6 is 11.6 Å². The van der Waals surface area contributed by atoms with Crippen LogP contribution in [-0.4, -0.2) is 76.5 Å². The topological polar surface area (TPSA) is 96.5 Å².